The summed E-state index contributed by atoms with van der Waals surface area (Å²) in [5.41, 5.74) is 0. The average Bonchev–Trinajstić information content (AvgIpc) is 2.36. The van der Waals surface area contributed by atoms with Crippen molar-refractivity contribution in [1.29, 1.82) is 0 Å². The molecular formula is C17H35NO. The first-order valence-electron chi connectivity index (χ1n) is 8.48. The number of rotatable bonds is 9. The first-order valence-corrected chi connectivity index (χ1v) is 8.48. The Labute approximate surface area is 120 Å². The van der Waals surface area contributed by atoms with E-state index in [-0.39, 0.29) is 0 Å². The standard InChI is InChI=1S/C17H35NO/c1-5-9-18-17(8-7-10-19-6-2)16-12-14(3)11-15(4)13-16/h14-18H,5-13H2,1-4H3. The van der Waals surface area contributed by atoms with Crippen molar-refractivity contribution in [2.75, 3.05) is 19.8 Å². The molecule has 19 heavy (non-hydrogen) atoms. The molecule has 1 aliphatic carbocycles. The van der Waals surface area contributed by atoms with E-state index in [0.717, 1.165) is 31.0 Å². The fourth-order valence-corrected chi connectivity index (χ4v) is 3.72. The third-order valence-electron chi connectivity index (χ3n) is 4.45. The highest BCUT2D eigenvalue weighted by Gasteiger charge is 2.29. The van der Waals surface area contributed by atoms with Crippen LogP contribution in [0.4, 0.5) is 0 Å². The topological polar surface area (TPSA) is 21.3 Å². The monoisotopic (exact) mass is 269 g/mol. The lowest BCUT2D eigenvalue weighted by atomic mass is 9.73. The van der Waals surface area contributed by atoms with E-state index in [0.29, 0.717) is 6.04 Å². The molecule has 3 unspecified atom stereocenters. The highest BCUT2D eigenvalue weighted by Crippen LogP contribution is 2.35. The summed E-state index contributed by atoms with van der Waals surface area (Å²) in [5.74, 6) is 2.70. The Bertz CT molecular complexity index is 209. The van der Waals surface area contributed by atoms with Crippen LogP contribution in [0.15, 0.2) is 0 Å². The summed E-state index contributed by atoms with van der Waals surface area (Å²) in [6.07, 6.45) is 7.98. The zero-order chi connectivity index (χ0) is 14.1. The molecule has 0 aromatic heterocycles. The number of ether oxygens (including phenoxy) is 1. The molecule has 0 aromatic rings. The third kappa shape index (κ3) is 6.76. The SMILES string of the molecule is CCCNC(CCCOCC)C1CC(C)CC(C)C1. The Balaban J connectivity index is 2.41. The summed E-state index contributed by atoms with van der Waals surface area (Å²) in [5, 5.41) is 3.80. The molecule has 1 rings (SSSR count). The molecule has 114 valence electrons. The maximum atomic E-state index is 5.49. The molecule has 1 aliphatic rings. The predicted octanol–water partition coefficient (Wildman–Crippen LogP) is 4.24. The van der Waals surface area contributed by atoms with Gasteiger partial charge in [0.25, 0.3) is 0 Å². The van der Waals surface area contributed by atoms with Gasteiger partial charge in [0, 0.05) is 19.3 Å². The Morgan fingerprint density at radius 3 is 2.37 bits per heavy atom. The van der Waals surface area contributed by atoms with Crippen LogP contribution in [0.5, 0.6) is 0 Å². The van der Waals surface area contributed by atoms with Crippen LogP contribution in [0.25, 0.3) is 0 Å². The van der Waals surface area contributed by atoms with Crippen LogP contribution < -0.4 is 5.32 Å². The Morgan fingerprint density at radius 1 is 1.11 bits per heavy atom. The van der Waals surface area contributed by atoms with E-state index < -0.39 is 0 Å². The molecule has 0 bridgehead atoms. The molecule has 0 heterocycles. The minimum Gasteiger partial charge on any atom is -0.382 e. The molecule has 2 heteroatoms. The highest BCUT2D eigenvalue weighted by molar-refractivity contribution is 4.83. The lowest BCUT2D eigenvalue weighted by Crippen LogP contribution is -2.40. The second kappa shape index (κ2) is 9.77. The average molecular weight is 269 g/mol. The maximum absolute atomic E-state index is 5.49. The van der Waals surface area contributed by atoms with Crippen molar-refractivity contribution in [3.63, 3.8) is 0 Å². The van der Waals surface area contributed by atoms with E-state index in [4.69, 9.17) is 4.74 Å². The second-order valence-electron chi connectivity index (χ2n) is 6.58. The number of nitrogens with one attached hydrogen (secondary N) is 1. The second-order valence-corrected chi connectivity index (χ2v) is 6.58. The molecule has 1 saturated carbocycles. The summed E-state index contributed by atoms with van der Waals surface area (Å²) in [6.45, 7) is 12.1. The van der Waals surface area contributed by atoms with Gasteiger partial charge in [0.1, 0.15) is 0 Å². The van der Waals surface area contributed by atoms with Gasteiger partial charge in [0.15, 0.2) is 0 Å². The van der Waals surface area contributed by atoms with Crippen LogP contribution in [-0.2, 0) is 4.74 Å². The fourth-order valence-electron chi connectivity index (χ4n) is 3.72. The van der Waals surface area contributed by atoms with E-state index in [1.165, 1.54) is 45.1 Å². The van der Waals surface area contributed by atoms with Gasteiger partial charge in [-0.05, 0) is 69.7 Å². The lowest BCUT2D eigenvalue weighted by molar-refractivity contribution is 0.127. The van der Waals surface area contributed by atoms with E-state index in [1.807, 2.05) is 0 Å². The zero-order valence-corrected chi connectivity index (χ0v) is 13.6. The Hall–Kier alpha value is -0.0800. The van der Waals surface area contributed by atoms with Gasteiger partial charge in [-0.25, -0.2) is 0 Å². The molecule has 0 aliphatic heterocycles. The van der Waals surface area contributed by atoms with Crippen LogP contribution in [0.3, 0.4) is 0 Å². The molecule has 1 N–H and O–H groups in total. The normalized spacial score (nSPS) is 29.4. The molecule has 0 spiro atoms. The van der Waals surface area contributed by atoms with Crippen LogP contribution >= 0.6 is 0 Å². The van der Waals surface area contributed by atoms with Crippen LogP contribution in [0.2, 0.25) is 0 Å². The van der Waals surface area contributed by atoms with Crippen molar-refractivity contribution in [3.05, 3.63) is 0 Å². The van der Waals surface area contributed by atoms with Crippen molar-refractivity contribution in [3.8, 4) is 0 Å². The van der Waals surface area contributed by atoms with E-state index in [2.05, 4.69) is 33.0 Å². The van der Waals surface area contributed by atoms with Gasteiger partial charge in [-0.1, -0.05) is 20.8 Å². The highest BCUT2D eigenvalue weighted by atomic mass is 16.5. The largest absolute Gasteiger partial charge is 0.382 e. The van der Waals surface area contributed by atoms with Gasteiger partial charge >= 0.3 is 0 Å². The minimum atomic E-state index is 0.714. The fraction of sp³-hybridized carbons (Fsp3) is 1.00. The van der Waals surface area contributed by atoms with E-state index in [1.54, 1.807) is 0 Å². The van der Waals surface area contributed by atoms with Gasteiger partial charge < -0.3 is 10.1 Å². The predicted molar refractivity (Wildman–Crippen MR) is 83.5 cm³/mol. The summed E-state index contributed by atoms with van der Waals surface area (Å²) >= 11 is 0. The van der Waals surface area contributed by atoms with Crippen molar-refractivity contribution < 1.29 is 4.74 Å². The van der Waals surface area contributed by atoms with Crippen LogP contribution in [-0.4, -0.2) is 25.8 Å². The first kappa shape index (κ1) is 17.0. The number of hydrogen-bond donors (Lipinski definition) is 1. The van der Waals surface area contributed by atoms with Crippen molar-refractivity contribution >= 4 is 0 Å². The van der Waals surface area contributed by atoms with Gasteiger partial charge in [-0.2, -0.15) is 0 Å². The summed E-state index contributed by atoms with van der Waals surface area (Å²) < 4.78 is 5.49. The Kier molecular flexibility index (Phi) is 8.72. The molecule has 0 radical (unpaired) electrons. The maximum Gasteiger partial charge on any atom is 0.0466 e. The van der Waals surface area contributed by atoms with Crippen LogP contribution in [0, 0.1) is 17.8 Å². The molecule has 0 saturated heterocycles. The van der Waals surface area contributed by atoms with Crippen LogP contribution in [0.1, 0.15) is 66.2 Å². The van der Waals surface area contributed by atoms with Crippen molar-refractivity contribution in [2.24, 2.45) is 17.8 Å². The van der Waals surface area contributed by atoms with E-state index in [9.17, 15) is 0 Å². The number of hydrogen-bond acceptors (Lipinski definition) is 2. The summed E-state index contributed by atoms with van der Waals surface area (Å²) in [4.78, 5) is 0. The lowest BCUT2D eigenvalue weighted by Gasteiger charge is -2.37. The van der Waals surface area contributed by atoms with Crippen molar-refractivity contribution in [1.82, 2.24) is 5.32 Å². The summed E-state index contributed by atoms with van der Waals surface area (Å²) in [6, 6.07) is 0.714. The smallest absolute Gasteiger partial charge is 0.0466 e. The molecular weight excluding hydrogens is 234 g/mol. The molecule has 2 nitrogen and oxygen atoms in total. The zero-order valence-electron chi connectivity index (χ0n) is 13.6. The van der Waals surface area contributed by atoms with Crippen molar-refractivity contribution in [2.45, 2.75) is 72.3 Å². The quantitative estimate of drug-likeness (QED) is 0.632. The Morgan fingerprint density at radius 2 is 1.79 bits per heavy atom. The van der Waals surface area contributed by atoms with Gasteiger partial charge in [-0.15, -0.1) is 0 Å². The molecule has 0 aromatic carbocycles. The molecule has 0 amide bonds. The summed E-state index contributed by atoms with van der Waals surface area (Å²) in [7, 11) is 0. The van der Waals surface area contributed by atoms with E-state index >= 15 is 0 Å². The molecule has 1 fully saturated rings. The van der Waals surface area contributed by atoms with Gasteiger partial charge in [-0.3, -0.25) is 0 Å². The molecule has 3 atom stereocenters. The van der Waals surface area contributed by atoms with Gasteiger partial charge in [0.2, 0.25) is 0 Å². The third-order valence-corrected chi connectivity index (χ3v) is 4.45. The van der Waals surface area contributed by atoms with Gasteiger partial charge in [0.05, 0.1) is 0 Å². The minimum absolute atomic E-state index is 0.714. The first-order chi connectivity index (χ1) is 9.17.